The molecule has 0 aliphatic rings. The van der Waals surface area contributed by atoms with Crippen LogP contribution in [0, 0.1) is 6.92 Å². The van der Waals surface area contributed by atoms with Crippen LogP contribution >= 0.6 is 15.9 Å². The van der Waals surface area contributed by atoms with Crippen molar-refractivity contribution in [2.24, 2.45) is 0 Å². The number of hydrogen-bond donors (Lipinski definition) is 2. The molecule has 4 nitrogen and oxygen atoms in total. The monoisotopic (exact) mass is 299 g/mol. The minimum atomic E-state index is -1.02. The molecule has 0 radical (unpaired) electrons. The lowest BCUT2D eigenvalue weighted by molar-refractivity contribution is -0.139. The third-order valence-electron chi connectivity index (χ3n) is 2.45. The van der Waals surface area contributed by atoms with Gasteiger partial charge >= 0.3 is 5.97 Å². The van der Waals surface area contributed by atoms with Crippen LogP contribution in [-0.4, -0.2) is 23.0 Å². The second-order valence-corrected chi connectivity index (χ2v) is 4.59. The van der Waals surface area contributed by atoms with Gasteiger partial charge in [0.15, 0.2) is 0 Å². The molecule has 0 fully saturated rings. The number of amides is 1. The van der Waals surface area contributed by atoms with Crippen LogP contribution in [0.5, 0.6) is 0 Å². The van der Waals surface area contributed by atoms with Crippen LogP contribution in [0.15, 0.2) is 22.7 Å². The number of carbonyl (C=O) groups excluding carboxylic acids is 1. The molecule has 0 unspecified atom stereocenters. The Hall–Kier alpha value is -1.36. The van der Waals surface area contributed by atoms with Gasteiger partial charge in [-0.3, -0.25) is 4.79 Å². The maximum Gasteiger partial charge on any atom is 0.326 e. The number of carboxylic acids is 1. The molecule has 0 bridgehead atoms. The summed E-state index contributed by atoms with van der Waals surface area (Å²) in [7, 11) is 0. The van der Waals surface area contributed by atoms with E-state index in [0.717, 1.165) is 10.0 Å². The van der Waals surface area contributed by atoms with Crippen molar-refractivity contribution in [3.63, 3.8) is 0 Å². The summed E-state index contributed by atoms with van der Waals surface area (Å²) in [4.78, 5) is 22.6. The Morgan fingerprint density at radius 2 is 2.12 bits per heavy atom. The van der Waals surface area contributed by atoms with E-state index < -0.39 is 12.0 Å². The maximum absolute atomic E-state index is 11.8. The number of benzene rings is 1. The summed E-state index contributed by atoms with van der Waals surface area (Å²) < 4.78 is 0.827. The number of rotatable bonds is 4. The van der Waals surface area contributed by atoms with Crippen LogP contribution in [0.2, 0.25) is 0 Å². The number of aryl methyl sites for hydroxylation is 1. The van der Waals surface area contributed by atoms with Gasteiger partial charge in [-0.15, -0.1) is 0 Å². The van der Waals surface area contributed by atoms with Crippen molar-refractivity contribution < 1.29 is 14.7 Å². The highest BCUT2D eigenvalue weighted by Crippen LogP contribution is 2.17. The van der Waals surface area contributed by atoms with Gasteiger partial charge in [0.25, 0.3) is 5.91 Å². The molecular weight excluding hydrogens is 286 g/mol. The summed E-state index contributed by atoms with van der Waals surface area (Å²) in [5.41, 5.74) is 1.47. The van der Waals surface area contributed by atoms with Crippen molar-refractivity contribution in [2.75, 3.05) is 0 Å². The number of carboxylic acid groups (broad SMARTS) is 1. The van der Waals surface area contributed by atoms with E-state index in [9.17, 15) is 9.59 Å². The van der Waals surface area contributed by atoms with Gasteiger partial charge in [-0.05, 0) is 31.0 Å². The normalized spacial score (nSPS) is 11.9. The molecule has 2 N–H and O–H groups in total. The van der Waals surface area contributed by atoms with Crippen LogP contribution in [0.3, 0.4) is 0 Å². The first kappa shape index (κ1) is 13.7. The van der Waals surface area contributed by atoms with Gasteiger partial charge in [-0.1, -0.05) is 28.9 Å². The first-order valence-electron chi connectivity index (χ1n) is 5.25. The molecule has 17 heavy (non-hydrogen) atoms. The number of nitrogens with one attached hydrogen (secondary N) is 1. The zero-order valence-corrected chi connectivity index (χ0v) is 11.2. The van der Waals surface area contributed by atoms with E-state index in [1.54, 1.807) is 25.1 Å². The number of hydrogen-bond acceptors (Lipinski definition) is 2. The summed E-state index contributed by atoms with van der Waals surface area (Å²) in [5.74, 6) is -1.40. The van der Waals surface area contributed by atoms with Crippen LogP contribution < -0.4 is 5.32 Å². The standard InChI is InChI=1S/C12H14BrNO3/c1-3-10(12(16)17)14-11(15)8-5-4-7(2)9(13)6-8/h4-6,10H,3H2,1-2H3,(H,14,15)(H,16,17)/t10-/m0/s1. The molecule has 0 aromatic heterocycles. The fourth-order valence-electron chi connectivity index (χ4n) is 1.31. The van der Waals surface area contributed by atoms with Crippen molar-refractivity contribution in [2.45, 2.75) is 26.3 Å². The Balaban J connectivity index is 2.82. The van der Waals surface area contributed by atoms with Gasteiger partial charge in [0.1, 0.15) is 6.04 Å². The average Bonchev–Trinajstić information content (AvgIpc) is 2.28. The molecule has 0 spiro atoms. The molecule has 0 saturated heterocycles. The highest BCUT2D eigenvalue weighted by atomic mass is 79.9. The van der Waals surface area contributed by atoms with E-state index in [2.05, 4.69) is 21.2 Å². The van der Waals surface area contributed by atoms with Crippen molar-refractivity contribution >= 4 is 27.8 Å². The van der Waals surface area contributed by atoms with Gasteiger partial charge in [0, 0.05) is 10.0 Å². The van der Waals surface area contributed by atoms with Crippen molar-refractivity contribution in [1.29, 1.82) is 0 Å². The molecule has 0 saturated carbocycles. The predicted molar refractivity (Wildman–Crippen MR) is 68.1 cm³/mol. The molecule has 1 aromatic carbocycles. The minimum absolute atomic E-state index is 0.355. The van der Waals surface area contributed by atoms with Crippen LogP contribution in [0.1, 0.15) is 29.3 Å². The van der Waals surface area contributed by atoms with E-state index in [4.69, 9.17) is 5.11 Å². The van der Waals surface area contributed by atoms with Crippen molar-refractivity contribution in [3.05, 3.63) is 33.8 Å². The topological polar surface area (TPSA) is 66.4 Å². The molecule has 0 aliphatic carbocycles. The van der Waals surface area contributed by atoms with Crippen LogP contribution in [-0.2, 0) is 4.79 Å². The first-order chi connectivity index (χ1) is 7.95. The van der Waals surface area contributed by atoms with Gasteiger partial charge in [-0.2, -0.15) is 0 Å². The molecule has 92 valence electrons. The fourth-order valence-corrected chi connectivity index (χ4v) is 1.69. The van der Waals surface area contributed by atoms with Crippen LogP contribution in [0.4, 0.5) is 0 Å². The van der Waals surface area contributed by atoms with Crippen molar-refractivity contribution in [1.82, 2.24) is 5.32 Å². The average molecular weight is 300 g/mol. The minimum Gasteiger partial charge on any atom is -0.480 e. The summed E-state index contributed by atoms with van der Waals surface area (Å²) in [6, 6.07) is 4.31. The number of carbonyl (C=O) groups is 2. The van der Waals surface area contributed by atoms with E-state index in [1.807, 2.05) is 6.92 Å². The predicted octanol–water partition coefficient (Wildman–Crippen LogP) is 2.35. The first-order valence-corrected chi connectivity index (χ1v) is 6.04. The number of halogens is 1. The fraction of sp³-hybridized carbons (Fsp3) is 0.333. The van der Waals surface area contributed by atoms with E-state index >= 15 is 0 Å². The molecule has 1 rings (SSSR count). The van der Waals surface area contributed by atoms with E-state index in [0.29, 0.717) is 12.0 Å². The largest absolute Gasteiger partial charge is 0.480 e. The SMILES string of the molecule is CC[C@H](NC(=O)c1ccc(C)c(Br)c1)C(=O)O. The summed E-state index contributed by atoms with van der Waals surface area (Å²) in [5, 5.41) is 11.3. The summed E-state index contributed by atoms with van der Waals surface area (Å²) in [6.45, 7) is 3.63. The zero-order valence-electron chi connectivity index (χ0n) is 9.66. The summed E-state index contributed by atoms with van der Waals surface area (Å²) in [6.07, 6.45) is 0.355. The third kappa shape index (κ3) is 3.56. The number of aliphatic carboxylic acids is 1. The highest BCUT2D eigenvalue weighted by molar-refractivity contribution is 9.10. The van der Waals surface area contributed by atoms with Gasteiger partial charge in [0.05, 0.1) is 0 Å². The molecule has 1 atom stereocenters. The Kier molecular flexibility index (Phi) is 4.69. The zero-order chi connectivity index (χ0) is 13.0. The van der Waals surface area contributed by atoms with Gasteiger partial charge in [-0.25, -0.2) is 4.79 Å². The maximum atomic E-state index is 11.8. The smallest absolute Gasteiger partial charge is 0.326 e. The van der Waals surface area contributed by atoms with Crippen molar-refractivity contribution in [3.8, 4) is 0 Å². The molecule has 5 heteroatoms. The highest BCUT2D eigenvalue weighted by Gasteiger charge is 2.18. The lowest BCUT2D eigenvalue weighted by atomic mass is 10.1. The Labute approximate surface area is 108 Å². The lowest BCUT2D eigenvalue weighted by Crippen LogP contribution is -2.40. The van der Waals surface area contributed by atoms with E-state index in [-0.39, 0.29) is 5.91 Å². The summed E-state index contributed by atoms with van der Waals surface area (Å²) >= 11 is 3.33. The Morgan fingerprint density at radius 1 is 1.47 bits per heavy atom. The molecular formula is C12H14BrNO3. The second kappa shape index (κ2) is 5.82. The quantitative estimate of drug-likeness (QED) is 0.897. The Morgan fingerprint density at radius 3 is 2.59 bits per heavy atom. The van der Waals surface area contributed by atoms with Crippen LogP contribution in [0.25, 0.3) is 0 Å². The lowest BCUT2D eigenvalue weighted by Gasteiger charge is -2.12. The van der Waals surface area contributed by atoms with Gasteiger partial charge in [0.2, 0.25) is 0 Å². The second-order valence-electron chi connectivity index (χ2n) is 3.74. The molecule has 0 heterocycles. The molecule has 1 amide bonds. The van der Waals surface area contributed by atoms with Gasteiger partial charge < -0.3 is 10.4 Å². The van der Waals surface area contributed by atoms with E-state index in [1.165, 1.54) is 0 Å². The third-order valence-corrected chi connectivity index (χ3v) is 3.30. The molecule has 1 aromatic rings. The molecule has 0 aliphatic heterocycles. The Bertz CT molecular complexity index is 445.